The summed E-state index contributed by atoms with van der Waals surface area (Å²) in [5.41, 5.74) is 0.550. The van der Waals surface area contributed by atoms with Crippen LogP contribution >= 0.6 is 23.2 Å². The maximum absolute atomic E-state index is 12.7. The number of aromatic nitrogens is 2. The zero-order valence-electron chi connectivity index (χ0n) is 16.4. The maximum Gasteiger partial charge on any atom is 0.241 e. The Bertz CT molecular complexity index is 810. The third-order valence-electron chi connectivity index (χ3n) is 5.27. The molecule has 152 valence electrons. The van der Waals surface area contributed by atoms with E-state index in [9.17, 15) is 4.79 Å². The van der Waals surface area contributed by atoms with Crippen LogP contribution in [-0.4, -0.2) is 57.5 Å². The second kappa shape index (κ2) is 9.74. The average Bonchev–Trinajstić information content (AvgIpc) is 3.01. The minimum Gasteiger partial charge on any atom is -0.334 e. The van der Waals surface area contributed by atoms with Gasteiger partial charge in [-0.3, -0.25) is 14.6 Å². The van der Waals surface area contributed by atoms with Gasteiger partial charge in [-0.1, -0.05) is 29.3 Å². The van der Waals surface area contributed by atoms with Crippen LogP contribution in [0.1, 0.15) is 26.1 Å². The SMILES string of the molecule is CCn1ccnc1CN1CCCN(C(C)C(=O)Nc2cccc(Cl)c2Cl)CC1. The van der Waals surface area contributed by atoms with E-state index < -0.39 is 0 Å². The molecular formula is C20H27Cl2N5O. The number of hydrogen-bond donors (Lipinski definition) is 1. The zero-order chi connectivity index (χ0) is 20.1. The lowest BCUT2D eigenvalue weighted by Gasteiger charge is -2.27. The summed E-state index contributed by atoms with van der Waals surface area (Å²) in [5.74, 6) is 1.02. The third kappa shape index (κ3) is 5.06. The number of halogens is 2. The number of nitrogens with zero attached hydrogens (tertiary/aromatic N) is 4. The Labute approximate surface area is 176 Å². The first-order valence-corrected chi connectivity index (χ1v) is 10.5. The Balaban J connectivity index is 1.57. The summed E-state index contributed by atoms with van der Waals surface area (Å²) in [5, 5.41) is 3.71. The fourth-order valence-corrected chi connectivity index (χ4v) is 3.87. The molecule has 2 heterocycles. The molecule has 1 N–H and O–H groups in total. The summed E-state index contributed by atoms with van der Waals surface area (Å²) in [4.78, 5) is 21.8. The van der Waals surface area contributed by atoms with Gasteiger partial charge in [-0.25, -0.2) is 4.98 Å². The first kappa shape index (κ1) is 21.1. The summed E-state index contributed by atoms with van der Waals surface area (Å²) in [7, 11) is 0. The Morgan fingerprint density at radius 3 is 2.86 bits per heavy atom. The molecule has 0 bridgehead atoms. The molecule has 0 aliphatic carbocycles. The van der Waals surface area contributed by atoms with Crippen LogP contribution < -0.4 is 5.32 Å². The predicted octanol–water partition coefficient (Wildman–Crippen LogP) is 3.74. The minimum absolute atomic E-state index is 0.0702. The van der Waals surface area contributed by atoms with E-state index in [2.05, 4.69) is 31.6 Å². The molecule has 28 heavy (non-hydrogen) atoms. The van der Waals surface area contributed by atoms with Crippen molar-refractivity contribution in [1.29, 1.82) is 0 Å². The number of nitrogens with one attached hydrogen (secondary N) is 1. The van der Waals surface area contributed by atoms with Crippen LogP contribution in [0.2, 0.25) is 10.0 Å². The Morgan fingerprint density at radius 2 is 2.07 bits per heavy atom. The number of carbonyl (C=O) groups is 1. The van der Waals surface area contributed by atoms with Crippen LogP contribution in [0.4, 0.5) is 5.69 Å². The van der Waals surface area contributed by atoms with E-state index in [1.807, 2.05) is 19.3 Å². The second-order valence-electron chi connectivity index (χ2n) is 7.06. The highest BCUT2D eigenvalue weighted by Crippen LogP contribution is 2.29. The first-order chi connectivity index (χ1) is 13.5. The summed E-state index contributed by atoms with van der Waals surface area (Å²) < 4.78 is 2.17. The van der Waals surface area contributed by atoms with Crippen molar-refractivity contribution < 1.29 is 4.79 Å². The molecule has 0 spiro atoms. The number of aryl methyl sites for hydroxylation is 1. The molecule has 8 heteroatoms. The largest absolute Gasteiger partial charge is 0.334 e. The van der Waals surface area contributed by atoms with E-state index >= 15 is 0 Å². The molecule has 6 nitrogen and oxygen atoms in total. The van der Waals surface area contributed by atoms with Gasteiger partial charge in [-0.15, -0.1) is 0 Å². The molecule has 1 aromatic heterocycles. The molecular weight excluding hydrogens is 397 g/mol. The van der Waals surface area contributed by atoms with Crippen LogP contribution in [0.25, 0.3) is 0 Å². The lowest BCUT2D eigenvalue weighted by molar-refractivity contribution is -0.120. The van der Waals surface area contributed by atoms with E-state index in [1.165, 1.54) is 0 Å². The van der Waals surface area contributed by atoms with Crippen molar-refractivity contribution in [1.82, 2.24) is 19.4 Å². The number of rotatable bonds is 6. The number of amides is 1. The molecule has 0 saturated carbocycles. The summed E-state index contributed by atoms with van der Waals surface area (Å²) in [6.07, 6.45) is 4.89. The van der Waals surface area contributed by atoms with E-state index in [0.29, 0.717) is 15.7 Å². The molecule has 1 unspecified atom stereocenters. The van der Waals surface area contributed by atoms with Crippen LogP contribution in [0, 0.1) is 0 Å². The molecule has 1 atom stereocenters. The fourth-order valence-electron chi connectivity index (χ4n) is 3.52. The Morgan fingerprint density at radius 1 is 1.25 bits per heavy atom. The van der Waals surface area contributed by atoms with Gasteiger partial charge >= 0.3 is 0 Å². The van der Waals surface area contributed by atoms with Gasteiger partial charge in [0.15, 0.2) is 0 Å². The quantitative estimate of drug-likeness (QED) is 0.768. The third-order valence-corrected chi connectivity index (χ3v) is 6.09. The molecule has 1 saturated heterocycles. The smallest absolute Gasteiger partial charge is 0.241 e. The van der Waals surface area contributed by atoms with Crippen molar-refractivity contribution in [2.75, 3.05) is 31.5 Å². The highest BCUT2D eigenvalue weighted by molar-refractivity contribution is 6.44. The van der Waals surface area contributed by atoms with Gasteiger partial charge in [0, 0.05) is 38.6 Å². The summed E-state index contributed by atoms with van der Waals surface area (Å²) in [6, 6.07) is 5.00. The number of imidazole rings is 1. The summed E-state index contributed by atoms with van der Waals surface area (Å²) in [6.45, 7) is 9.47. The monoisotopic (exact) mass is 423 g/mol. The van der Waals surface area contributed by atoms with Gasteiger partial charge < -0.3 is 9.88 Å². The molecule has 0 radical (unpaired) electrons. The van der Waals surface area contributed by atoms with E-state index in [0.717, 1.165) is 51.5 Å². The normalized spacial score (nSPS) is 17.3. The Hall–Kier alpha value is -1.60. The average molecular weight is 424 g/mol. The topological polar surface area (TPSA) is 53.4 Å². The number of carbonyl (C=O) groups excluding carboxylic acids is 1. The van der Waals surface area contributed by atoms with Gasteiger partial charge in [-0.2, -0.15) is 0 Å². The second-order valence-corrected chi connectivity index (χ2v) is 7.85. The molecule has 2 aromatic rings. The van der Waals surface area contributed by atoms with Gasteiger partial charge in [-0.05, 0) is 38.9 Å². The molecule has 1 fully saturated rings. The highest BCUT2D eigenvalue weighted by atomic mass is 35.5. The lowest BCUT2D eigenvalue weighted by Crippen LogP contribution is -2.44. The van der Waals surface area contributed by atoms with Gasteiger partial charge in [0.25, 0.3) is 0 Å². The van der Waals surface area contributed by atoms with Gasteiger partial charge in [0.1, 0.15) is 5.82 Å². The predicted molar refractivity (Wildman–Crippen MR) is 114 cm³/mol. The fraction of sp³-hybridized carbons (Fsp3) is 0.500. The Kier molecular flexibility index (Phi) is 7.35. The van der Waals surface area contributed by atoms with Crippen molar-refractivity contribution in [3.63, 3.8) is 0 Å². The van der Waals surface area contributed by atoms with Crippen LogP contribution in [-0.2, 0) is 17.9 Å². The molecule has 1 aliphatic rings. The minimum atomic E-state index is -0.243. The number of hydrogen-bond acceptors (Lipinski definition) is 4. The van der Waals surface area contributed by atoms with Crippen molar-refractivity contribution in [3.8, 4) is 0 Å². The van der Waals surface area contributed by atoms with Crippen LogP contribution in [0.3, 0.4) is 0 Å². The first-order valence-electron chi connectivity index (χ1n) is 9.71. The molecule has 1 amide bonds. The van der Waals surface area contributed by atoms with E-state index in [-0.39, 0.29) is 11.9 Å². The lowest BCUT2D eigenvalue weighted by atomic mass is 10.2. The summed E-state index contributed by atoms with van der Waals surface area (Å²) >= 11 is 12.2. The van der Waals surface area contributed by atoms with Crippen molar-refractivity contribution in [2.45, 2.75) is 39.4 Å². The molecule has 1 aliphatic heterocycles. The van der Waals surface area contributed by atoms with Gasteiger partial charge in [0.2, 0.25) is 5.91 Å². The zero-order valence-corrected chi connectivity index (χ0v) is 17.9. The van der Waals surface area contributed by atoms with E-state index in [1.54, 1.807) is 18.2 Å². The van der Waals surface area contributed by atoms with Crippen LogP contribution in [0.5, 0.6) is 0 Å². The molecule has 1 aromatic carbocycles. The van der Waals surface area contributed by atoms with Crippen molar-refractivity contribution >= 4 is 34.8 Å². The van der Waals surface area contributed by atoms with Crippen molar-refractivity contribution in [3.05, 3.63) is 46.5 Å². The van der Waals surface area contributed by atoms with Gasteiger partial charge in [0.05, 0.1) is 28.3 Å². The standard InChI is InChI=1S/C20H27Cl2N5O/c1-3-26-11-8-23-18(26)14-25-9-5-10-27(13-12-25)15(2)20(28)24-17-7-4-6-16(21)19(17)22/h4,6-8,11,15H,3,5,9-10,12-14H2,1-2H3,(H,24,28). The van der Waals surface area contributed by atoms with Crippen molar-refractivity contribution in [2.24, 2.45) is 0 Å². The maximum atomic E-state index is 12.7. The number of benzene rings is 1. The van der Waals surface area contributed by atoms with Crippen LogP contribution in [0.15, 0.2) is 30.6 Å². The highest BCUT2D eigenvalue weighted by Gasteiger charge is 2.25. The number of anilines is 1. The molecule has 3 rings (SSSR count). The van der Waals surface area contributed by atoms with E-state index in [4.69, 9.17) is 23.2 Å².